The molecule has 0 spiro atoms. The highest BCUT2D eigenvalue weighted by Gasteiger charge is 2.33. The lowest BCUT2D eigenvalue weighted by molar-refractivity contribution is -0.146. The second kappa shape index (κ2) is 5.11. The van der Waals surface area contributed by atoms with E-state index in [1.807, 2.05) is 30.0 Å². The summed E-state index contributed by atoms with van der Waals surface area (Å²) >= 11 is 6.64. The summed E-state index contributed by atoms with van der Waals surface area (Å²) in [5.74, 6) is -0.274. The van der Waals surface area contributed by atoms with Crippen LogP contribution in [0.4, 0.5) is 0 Å². The van der Waals surface area contributed by atoms with Crippen molar-refractivity contribution in [2.45, 2.75) is 19.3 Å². The van der Waals surface area contributed by atoms with Gasteiger partial charge in [-0.1, -0.05) is 0 Å². The maximum absolute atomic E-state index is 11.7. The zero-order chi connectivity index (χ0) is 13.3. The van der Waals surface area contributed by atoms with Crippen molar-refractivity contribution in [2.24, 2.45) is 0 Å². The van der Waals surface area contributed by atoms with Gasteiger partial charge in [0.15, 0.2) is 0 Å². The molecule has 0 radical (unpaired) electrons. The Morgan fingerprint density at radius 2 is 2.11 bits per heavy atom. The van der Waals surface area contributed by atoms with E-state index in [1.54, 1.807) is 11.3 Å². The van der Waals surface area contributed by atoms with Crippen LogP contribution >= 0.6 is 38.6 Å². The van der Waals surface area contributed by atoms with E-state index in [9.17, 15) is 4.79 Å². The molecular formula is C12H12BrNO2S2. The van der Waals surface area contributed by atoms with Crippen molar-refractivity contribution in [3.8, 4) is 10.6 Å². The van der Waals surface area contributed by atoms with Crippen LogP contribution in [0.2, 0.25) is 0 Å². The minimum atomic E-state index is -0.716. The molecule has 2 heterocycles. The highest BCUT2D eigenvalue weighted by atomic mass is 79.9. The average Bonchev–Trinajstić information content (AvgIpc) is 2.95. The lowest BCUT2D eigenvalue weighted by Gasteiger charge is -2.18. The molecule has 2 aromatic heterocycles. The van der Waals surface area contributed by atoms with Crippen LogP contribution in [-0.4, -0.2) is 18.1 Å². The normalized spacial score (nSPS) is 11.6. The lowest BCUT2D eigenvalue weighted by atomic mass is 9.90. The molecule has 96 valence electrons. The van der Waals surface area contributed by atoms with Crippen LogP contribution in [0.25, 0.3) is 10.6 Å². The van der Waals surface area contributed by atoms with Crippen LogP contribution < -0.4 is 0 Å². The number of hydrogen-bond acceptors (Lipinski definition) is 5. The molecule has 0 saturated carbocycles. The maximum Gasteiger partial charge on any atom is 0.317 e. The molecule has 6 heteroatoms. The topological polar surface area (TPSA) is 39.2 Å². The van der Waals surface area contributed by atoms with E-state index in [1.165, 1.54) is 18.4 Å². The average molecular weight is 346 g/mol. The van der Waals surface area contributed by atoms with Crippen molar-refractivity contribution >= 4 is 44.6 Å². The van der Waals surface area contributed by atoms with Crippen LogP contribution in [0, 0.1) is 0 Å². The van der Waals surface area contributed by atoms with E-state index in [0.717, 1.165) is 20.7 Å². The first-order valence-electron chi connectivity index (χ1n) is 5.23. The number of thiazole rings is 1. The fourth-order valence-corrected chi connectivity index (χ4v) is 4.17. The summed E-state index contributed by atoms with van der Waals surface area (Å²) in [7, 11) is 1.40. The molecule has 2 aromatic rings. The molecule has 0 atom stereocenters. The SMILES string of the molecule is COC(=O)C(C)(C)c1csc(-c2cscc2Br)n1. The number of aromatic nitrogens is 1. The highest BCUT2D eigenvalue weighted by Crippen LogP contribution is 2.36. The Morgan fingerprint density at radius 1 is 1.39 bits per heavy atom. The summed E-state index contributed by atoms with van der Waals surface area (Å²) in [4.78, 5) is 16.3. The molecule has 0 aromatic carbocycles. The predicted octanol–water partition coefficient (Wildman–Crippen LogP) is 4.08. The van der Waals surface area contributed by atoms with Crippen LogP contribution in [0.5, 0.6) is 0 Å². The van der Waals surface area contributed by atoms with E-state index in [0.29, 0.717) is 0 Å². The molecule has 0 aliphatic rings. The van der Waals surface area contributed by atoms with E-state index in [2.05, 4.69) is 20.9 Å². The van der Waals surface area contributed by atoms with Crippen LogP contribution in [-0.2, 0) is 14.9 Å². The summed E-state index contributed by atoms with van der Waals surface area (Å²) in [6.45, 7) is 3.64. The molecule has 0 N–H and O–H groups in total. The van der Waals surface area contributed by atoms with Crippen LogP contribution in [0.15, 0.2) is 20.6 Å². The molecule has 18 heavy (non-hydrogen) atoms. The zero-order valence-electron chi connectivity index (χ0n) is 10.2. The van der Waals surface area contributed by atoms with Crippen molar-refractivity contribution in [3.63, 3.8) is 0 Å². The van der Waals surface area contributed by atoms with Gasteiger partial charge in [-0.3, -0.25) is 4.79 Å². The third-order valence-electron chi connectivity index (χ3n) is 2.69. The number of nitrogens with zero attached hydrogens (tertiary/aromatic N) is 1. The van der Waals surface area contributed by atoms with E-state index < -0.39 is 5.41 Å². The Hall–Kier alpha value is -0.720. The molecule has 0 unspecified atom stereocenters. The van der Waals surface area contributed by atoms with Gasteiger partial charge in [0.1, 0.15) is 10.4 Å². The number of hydrogen-bond donors (Lipinski definition) is 0. The number of rotatable bonds is 3. The molecule has 3 nitrogen and oxygen atoms in total. The van der Waals surface area contributed by atoms with Gasteiger partial charge in [-0.15, -0.1) is 11.3 Å². The van der Waals surface area contributed by atoms with Crippen molar-refractivity contribution in [3.05, 3.63) is 26.3 Å². The minimum Gasteiger partial charge on any atom is -0.468 e. The number of carbonyl (C=O) groups excluding carboxylic acids is 1. The smallest absolute Gasteiger partial charge is 0.317 e. The number of halogens is 1. The van der Waals surface area contributed by atoms with E-state index in [4.69, 9.17) is 4.74 Å². The highest BCUT2D eigenvalue weighted by molar-refractivity contribution is 9.10. The van der Waals surface area contributed by atoms with Gasteiger partial charge in [0.2, 0.25) is 0 Å². The zero-order valence-corrected chi connectivity index (χ0v) is 13.4. The Labute approximate surface area is 122 Å². The summed E-state index contributed by atoms with van der Waals surface area (Å²) in [5.41, 5.74) is 1.09. The van der Waals surface area contributed by atoms with E-state index in [-0.39, 0.29) is 5.97 Å². The van der Waals surface area contributed by atoms with Crippen molar-refractivity contribution in [1.82, 2.24) is 4.98 Å². The van der Waals surface area contributed by atoms with Gasteiger partial charge in [0.05, 0.1) is 12.8 Å². The van der Waals surface area contributed by atoms with Crippen LogP contribution in [0.3, 0.4) is 0 Å². The summed E-state index contributed by atoms with van der Waals surface area (Å²) in [6, 6.07) is 0. The molecule has 0 aliphatic heterocycles. The Kier molecular flexibility index (Phi) is 3.89. The number of esters is 1. The molecule has 0 bridgehead atoms. The quantitative estimate of drug-likeness (QED) is 0.786. The third kappa shape index (κ3) is 2.37. The van der Waals surface area contributed by atoms with Gasteiger partial charge in [-0.05, 0) is 29.8 Å². The largest absolute Gasteiger partial charge is 0.468 e. The van der Waals surface area contributed by atoms with Gasteiger partial charge < -0.3 is 4.74 Å². The number of methoxy groups -OCH3 is 1. The van der Waals surface area contributed by atoms with Gasteiger partial charge in [-0.25, -0.2) is 4.98 Å². The standard InChI is InChI=1S/C12H12BrNO2S2/c1-12(2,11(15)16-3)9-6-18-10(14-9)7-4-17-5-8(7)13/h4-6H,1-3H3. The van der Waals surface area contributed by atoms with Gasteiger partial charge in [-0.2, -0.15) is 11.3 Å². The molecule has 2 rings (SSSR count). The summed E-state index contributed by atoms with van der Waals surface area (Å²) < 4.78 is 5.84. The van der Waals surface area contributed by atoms with Crippen molar-refractivity contribution in [2.75, 3.05) is 7.11 Å². The first kappa shape index (κ1) is 13.7. The van der Waals surface area contributed by atoms with Gasteiger partial charge in [0.25, 0.3) is 0 Å². The Balaban J connectivity index is 2.37. The van der Waals surface area contributed by atoms with E-state index >= 15 is 0 Å². The molecule has 0 aliphatic carbocycles. The number of thiophene rings is 1. The van der Waals surface area contributed by atoms with Crippen molar-refractivity contribution < 1.29 is 9.53 Å². The minimum absolute atomic E-state index is 0.274. The Morgan fingerprint density at radius 3 is 2.67 bits per heavy atom. The molecule has 0 saturated heterocycles. The second-order valence-electron chi connectivity index (χ2n) is 4.29. The third-order valence-corrected chi connectivity index (χ3v) is 5.26. The number of carbonyl (C=O) groups is 1. The second-order valence-corrected chi connectivity index (χ2v) is 6.74. The van der Waals surface area contributed by atoms with Gasteiger partial charge >= 0.3 is 5.97 Å². The monoisotopic (exact) mass is 345 g/mol. The molecule has 0 amide bonds. The summed E-state index contributed by atoms with van der Waals surface area (Å²) in [5, 5.41) is 6.88. The van der Waals surface area contributed by atoms with Gasteiger partial charge in [0, 0.05) is 26.2 Å². The first-order valence-corrected chi connectivity index (χ1v) is 7.85. The molecule has 0 fully saturated rings. The lowest BCUT2D eigenvalue weighted by Crippen LogP contribution is -2.30. The maximum atomic E-state index is 11.7. The van der Waals surface area contributed by atoms with Crippen LogP contribution in [0.1, 0.15) is 19.5 Å². The van der Waals surface area contributed by atoms with Crippen molar-refractivity contribution in [1.29, 1.82) is 0 Å². The first-order chi connectivity index (χ1) is 8.46. The number of ether oxygens (including phenoxy) is 1. The fraction of sp³-hybridized carbons (Fsp3) is 0.333. The fourth-order valence-electron chi connectivity index (χ4n) is 1.48. The predicted molar refractivity (Wildman–Crippen MR) is 78.2 cm³/mol. The summed E-state index contributed by atoms with van der Waals surface area (Å²) in [6.07, 6.45) is 0. The molecular weight excluding hydrogens is 334 g/mol. The Bertz CT molecular complexity index is 574.